The maximum absolute atomic E-state index is 12.3. The molecule has 0 fully saturated rings. The number of halogens is 1. The van der Waals surface area contributed by atoms with Crippen molar-refractivity contribution in [2.24, 2.45) is 0 Å². The molecule has 2 aromatic carbocycles. The van der Waals surface area contributed by atoms with Gasteiger partial charge in [0.2, 0.25) is 5.91 Å². The van der Waals surface area contributed by atoms with E-state index >= 15 is 0 Å². The Kier molecular flexibility index (Phi) is 13.9. The first-order valence-electron chi connectivity index (χ1n) is 14.8. The van der Waals surface area contributed by atoms with E-state index in [1.807, 2.05) is 36.4 Å². The van der Waals surface area contributed by atoms with Gasteiger partial charge in [0.05, 0.1) is 36.9 Å². The van der Waals surface area contributed by atoms with Crippen molar-refractivity contribution in [3.63, 3.8) is 0 Å². The number of hydrogen-bond acceptors (Lipinski definition) is 8. The zero-order valence-electron chi connectivity index (χ0n) is 25.3. The van der Waals surface area contributed by atoms with Gasteiger partial charge < -0.3 is 30.7 Å². The molecule has 3 aromatic rings. The van der Waals surface area contributed by atoms with Gasteiger partial charge in [-0.3, -0.25) is 14.5 Å². The summed E-state index contributed by atoms with van der Waals surface area (Å²) in [6.45, 7) is -0.237. The highest BCUT2D eigenvalue weighted by atomic mass is 35.5. The zero-order valence-corrected chi connectivity index (χ0v) is 26.0. The standard InChI is InChI=1S/C31H40ClN5O8/c1-45-22-10-12-25-24(18-22)29(23-11-9-21(32)17-26(23)35-25)34-14-8-6-4-2-3-5-7-13-33-27(38)19-36(20-28(39)40)15-16-37(30(41)42)31(43)44/h9-12,17-18H,2-8,13-16,19-20H2,1H3,(H,33,38)(H,34,35)(H,39,40)(H,41,42)(H,43,44). The second-order valence-electron chi connectivity index (χ2n) is 10.6. The molecule has 0 aliphatic carbocycles. The Balaban J connectivity index is 1.33. The third-order valence-electron chi connectivity index (χ3n) is 7.25. The molecule has 244 valence electrons. The fourth-order valence-corrected chi connectivity index (χ4v) is 5.13. The van der Waals surface area contributed by atoms with Crippen LogP contribution in [0.25, 0.3) is 21.8 Å². The molecule has 0 unspecified atom stereocenters. The van der Waals surface area contributed by atoms with Crippen molar-refractivity contribution in [1.29, 1.82) is 0 Å². The number of aromatic nitrogens is 1. The fraction of sp³-hybridized carbons (Fsp3) is 0.452. The molecule has 45 heavy (non-hydrogen) atoms. The van der Waals surface area contributed by atoms with Crippen LogP contribution in [0, 0.1) is 0 Å². The number of pyridine rings is 1. The SMILES string of the molecule is COc1ccc2nc3cc(Cl)ccc3c(NCCCCCCCCCNC(=O)CN(CCN(C(=O)O)C(=O)O)CC(=O)O)c2c1. The molecule has 14 heteroatoms. The van der Waals surface area contributed by atoms with Crippen molar-refractivity contribution >= 4 is 63.2 Å². The Morgan fingerprint density at radius 2 is 1.47 bits per heavy atom. The third-order valence-corrected chi connectivity index (χ3v) is 7.48. The number of methoxy groups -OCH3 is 1. The molecule has 0 saturated heterocycles. The maximum atomic E-state index is 12.3. The molecule has 0 aliphatic rings. The van der Waals surface area contributed by atoms with Crippen LogP contribution < -0.4 is 15.4 Å². The van der Waals surface area contributed by atoms with Crippen molar-refractivity contribution in [1.82, 2.24) is 20.1 Å². The van der Waals surface area contributed by atoms with Crippen LogP contribution in [0.5, 0.6) is 5.75 Å². The van der Waals surface area contributed by atoms with Gasteiger partial charge in [0.15, 0.2) is 0 Å². The van der Waals surface area contributed by atoms with Crippen molar-refractivity contribution in [3.05, 3.63) is 41.4 Å². The summed E-state index contributed by atoms with van der Waals surface area (Å²) in [6.07, 6.45) is 3.62. The zero-order chi connectivity index (χ0) is 32.8. The maximum Gasteiger partial charge on any atom is 0.416 e. The molecular formula is C31H40ClN5O8. The Morgan fingerprint density at radius 1 is 0.800 bits per heavy atom. The molecule has 0 radical (unpaired) electrons. The number of benzene rings is 2. The number of fused-ring (bicyclic) bond motifs is 2. The van der Waals surface area contributed by atoms with Crippen molar-refractivity contribution < 1.29 is 39.2 Å². The second kappa shape index (κ2) is 17.8. The summed E-state index contributed by atoms with van der Waals surface area (Å²) in [7, 11) is 1.64. The lowest BCUT2D eigenvalue weighted by atomic mass is 10.1. The van der Waals surface area contributed by atoms with E-state index in [1.165, 1.54) is 4.90 Å². The van der Waals surface area contributed by atoms with Crippen LogP contribution in [-0.2, 0) is 9.59 Å². The number of carboxylic acid groups (broad SMARTS) is 3. The van der Waals surface area contributed by atoms with Gasteiger partial charge in [-0.15, -0.1) is 0 Å². The van der Waals surface area contributed by atoms with Crippen molar-refractivity contribution in [3.8, 4) is 5.75 Å². The number of rotatable bonds is 19. The van der Waals surface area contributed by atoms with Gasteiger partial charge in [-0.2, -0.15) is 0 Å². The van der Waals surface area contributed by atoms with Gasteiger partial charge in [-0.05, 0) is 49.2 Å². The van der Waals surface area contributed by atoms with Crippen LogP contribution in [0.3, 0.4) is 0 Å². The minimum atomic E-state index is -1.67. The molecule has 13 nitrogen and oxygen atoms in total. The number of nitrogens with zero attached hydrogens (tertiary/aromatic N) is 3. The van der Waals surface area contributed by atoms with E-state index in [-0.39, 0.29) is 18.0 Å². The first-order chi connectivity index (χ1) is 21.6. The average molecular weight is 646 g/mol. The minimum absolute atomic E-state index is 0.141. The Bertz CT molecular complexity index is 1470. The number of carbonyl (C=O) groups excluding carboxylic acids is 1. The molecule has 0 spiro atoms. The average Bonchev–Trinajstić information content (AvgIpc) is 2.98. The van der Waals surface area contributed by atoms with E-state index in [0.717, 1.165) is 84.7 Å². The minimum Gasteiger partial charge on any atom is -0.497 e. The largest absolute Gasteiger partial charge is 0.497 e. The first kappa shape index (κ1) is 35.1. The van der Waals surface area contributed by atoms with E-state index in [9.17, 15) is 19.2 Å². The summed E-state index contributed by atoms with van der Waals surface area (Å²) in [6, 6.07) is 11.5. The van der Waals surface area contributed by atoms with Crippen molar-refractivity contribution in [2.45, 2.75) is 44.9 Å². The third kappa shape index (κ3) is 11.3. The second-order valence-corrected chi connectivity index (χ2v) is 11.0. The molecule has 1 aromatic heterocycles. The van der Waals surface area contributed by atoms with Gasteiger partial charge in [0.25, 0.3) is 0 Å². The number of nitrogens with one attached hydrogen (secondary N) is 2. The van der Waals surface area contributed by atoms with Crippen LogP contribution in [0.1, 0.15) is 44.9 Å². The normalized spacial score (nSPS) is 11.1. The number of carbonyl (C=O) groups is 4. The molecular weight excluding hydrogens is 606 g/mol. The summed E-state index contributed by atoms with van der Waals surface area (Å²) in [5, 5.41) is 35.9. The number of anilines is 1. The smallest absolute Gasteiger partial charge is 0.416 e. The van der Waals surface area contributed by atoms with Crippen molar-refractivity contribution in [2.75, 3.05) is 51.7 Å². The quantitative estimate of drug-likeness (QED) is 0.0836. The van der Waals surface area contributed by atoms with Crippen LogP contribution in [-0.4, -0.2) is 101 Å². The molecule has 3 amide bonds. The van der Waals surface area contributed by atoms with E-state index in [1.54, 1.807) is 7.11 Å². The Hall–Kier alpha value is -4.36. The topological polar surface area (TPSA) is 182 Å². The molecule has 5 N–H and O–H groups in total. The van der Waals surface area contributed by atoms with Gasteiger partial charge in [-0.25, -0.2) is 19.5 Å². The molecule has 0 bridgehead atoms. The lowest BCUT2D eigenvalue weighted by Crippen LogP contribution is -2.45. The van der Waals surface area contributed by atoms with Gasteiger partial charge in [0, 0.05) is 42.0 Å². The first-order valence-corrected chi connectivity index (χ1v) is 15.2. The Labute approximate surface area is 266 Å². The van der Waals surface area contributed by atoms with E-state index in [4.69, 9.17) is 36.6 Å². The fourth-order valence-electron chi connectivity index (χ4n) is 4.97. The number of carboxylic acids is 1. The molecule has 0 saturated carbocycles. The highest BCUT2D eigenvalue weighted by Crippen LogP contribution is 2.34. The van der Waals surface area contributed by atoms with Crippen LogP contribution in [0.15, 0.2) is 36.4 Å². The molecule has 0 atom stereocenters. The lowest BCUT2D eigenvalue weighted by Gasteiger charge is -2.22. The van der Waals surface area contributed by atoms with E-state index in [0.29, 0.717) is 11.6 Å². The van der Waals surface area contributed by atoms with Crippen LogP contribution in [0.2, 0.25) is 5.02 Å². The van der Waals surface area contributed by atoms with Gasteiger partial charge in [0.1, 0.15) is 5.75 Å². The van der Waals surface area contributed by atoms with Crippen LogP contribution in [0.4, 0.5) is 15.3 Å². The number of aliphatic carboxylic acids is 1. The van der Waals surface area contributed by atoms with Gasteiger partial charge >= 0.3 is 18.2 Å². The predicted molar refractivity (Wildman–Crippen MR) is 171 cm³/mol. The van der Waals surface area contributed by atoms with E-state index < -0.39 is 37.2 Å². The van der Waals surface area contributed by atoms with E-state index in [2.05, 4.69) is 10.6 Å². The number of unbranched alkanes of at least 4 members (excludes halogenated alkanes) is 6. The van der Waals surface area contributed by atoms with Crippen LogP contribution >= 0.6 is 11.6 Å². The lowest BCUT2D eigenvalue weighted by molar-refractivity contribution is -0.138. The Morgan fingerprint density at radius 3 is 2.11 bits per heavy atom. The number of hydrogen-bond donors (Lipinski definition) is 5. The monoisotopic (exact) mass is 645 g/mol. The molecule has 0 aliphatic heterocycles. The van der Waals surface area contributed by atoms with Gasteiger partial charge in [-0.1, -0.05) is 43.7 Å². The molecule has 1 heterocycles. The summed E-state index contributed by atoms with van der Waals surface area (Å²) < 4.78 is 5.43. The number of ether oxygens (including phenoxy) is 1. The number of amides is 3. The summed E-state index contributed by atoms with van der Waals surface area (Å²) in [5.41, 5.74) is 2.71. The highest BCUT2D eigenvalue weighted by Gasteiger charge is 2.22. The summed E-state index contributed by atoms with van der Waals surface area (Å²) in [5.74, 6) is -0.846. The summed E-state index contributed by atoms with van der Waals surface area (Å²) in [4.78, 5) is 51.5. The predicted octanol–water partition coefficient (Wildman–Crippen LogP) is 5.35. The summed E-state index contributed by atoms with van der Waals surface area (Å²) >= 11 is 6.22. The number of imide groups is 1. The molecule has 3 rings (SSSR count). The highest BCUT2D eigenvalue weighted by molar-refractivity contribution is 6.31.